The van der Waals surface area contributed by atoms with Crippen LogP contribution in [0.25, 0.3) is 0 Å². The molecule has 20 heavy (non-hydrogen) atoms. The first-order valence-corrected chi connectivity index (χ1v) is 7.69. The zero-order chi connectivity index (χ0) is 14.9. The fraction of sp³-hybridized carbons (Fsp3) is 0.600. The van der Waals surface area contributed by atoms with Crippen LogP contribution >= 0.6 is 23.2 Å². The number of nitrogens with one attached hydrogen (secondary N) is 1. The van der Waals surface area contributed by atoms with E-state index in [1.807, 2.05) is 0 Å². The number of benzene rings is 1. The predicted octanol–water partition coefficient (Wildman–Crippen LogP) is 3.69. The number of nitrogens with zero attached hydrogens (tertiary/aromatic N) is 1. The second-order valence-corrected chi connectivity index (χ2v) is 7.22. The highest BCUT2D eigenvalue weighted by Crippen LogP contribution is 2.45. The third-order valence-electron chi connectivity index (χ3n) is 3.68. The molecule has 2 rings (SSSR count). The summed E-state index contributed by atoms with van der Waals surface area (Å²) in [7, 11) is 0. The van der Waals surface area contributed by atoms with E-state index < -0.39 is 0 Å². The van der Waals surface area contributed by atoms with Crippen molar-refractivity contribution in [3.63, 3.8) is 0 Å². The molecule has 1 aromatic carbocycles. The molecule has 0 saturated carbocycles. The Balaban J connectivity index is 2.46. The van der Waals surface area contributed by atoms with Crippen molar-refractivity contribution < 1.29 is 5.11 Å². The fourth-order valence-electron chi connectivity index (χ4n) is 2.95. The van der Waals surface area contributed by atoms with E-state index in [1.165, 1.54) is 0 Å². The molecule has 0 unspecified atom stereocenters. The molecule has 1 saturated heterocycles. The molecule has 0 amide bonds. The molecule has 0 spiro atoms. The Labute approximate surface area is 130 Å². The van der Waals surface area contributed by atoms with Crippen LogP contribution in [0.1, 0.15) is 32.4 Å². The third-order valence-corrected chi connectivity index (χ3v) is 4.21. The minimum Gasteiger partial charge on any atom is -0.508 e. The summed E-state index contributed by atoms with van der Waals surface area (Å²) in [6.07, 6.45) is 0. The molecule has 112 valence electrons. The van der Waals surface area contributed by atoms with Crippen molar-refractivity contribution in [1.82, 2.24) is 10.2 Å². The zero-order valence-electron chi connectivity index (χ0n) is 12.2. The van der Waals surface area contributed by atoms with Gasteiger partial charge in [-0.3, -0.25) is 4.90 Å². The van der Waals surface area contributed by atoms with Crippen LogP contribution in [-0.2, 0) is 0 Å². The van der Waals surface area contributed by atoms with E-state index in [0.29, 0.717) is 10.0 Å². The van der Waals surface area contributed by atoms with E-state index in [1.54, 1.807) is 12.1 Å². The molecule has 1 aliphatic heterocycles. The number of phenols is 1. The first-order chi connectivity index (χ1) is 9.30. The van der Waals surface area contributed by atoms with Crippen LogP contribution in [0.3, 0.4) is 0 Å². The van der Waals surface area contributed by atoms with E-state index >= 15 is 0 Å². The summed E-state index contributed by atoms with van der Waals surface area (Å²) in [6, 6.07) is 3.34. The first kappa shape index (κ1) is 15.9. The third kappa shape index (κ3) is 3.40. The lowest BCUT2D eigenvalue weighted by Gasteiger charge is -2.43. The van der Waals surface area contributed by atoms with Gasteiger partial charge in [-0.25, -0.2) is 0 Å². The van der Waals surface area contributed by atoms with Crippen molar-refractivity contribution in [1.29, 1.82) is 0 Å². The number of hydrogen-bond acceptors (Lipinski definition) is 3. The molecule has 1 aromatic rings. The number of phenolic OH excluding ortho intramolecular Hbond substituents is 1. The highest BCUT2D eigenvalue weighted by atomic mass is 35.5. The normalized spacial score (nSPS) is 19.1. The quantitative estimate of drug-likeness (QED) is 0.873. The van der Waals surface area contributed by atoms with Crippen LogP contribution in [0.15, 0.2) is 12.1 Å². The van der Waals surface area contributed by atoms with Gasteiger partial charge in [0.15, 0.2) is 0 Å². The SMILES string of the molecule is CC(C)(C)[C@@H](c1c(O)cc(Cl)cc1Cl)N1CCNCC1. The van der Waals surface area contributed by atoms with Crippen LogP contribution < -0.4 is 5.32 Å². The van der Waals surface area contributed by atoms with Gasteiger partial charge in [0.1, 0.15) is 5.75 Å². The molecular weight excluding hydrogens is 295 g/mol. The number of halogens is 2. The Morgan fingerprint density at radius 1 is 1.20 bits per heavy atom. The van der Waals surface area contributed by atoms with Crippen molar-refractivity contribution in [2.45, 2.75) is 26.8 Å². The highest BCUT2D eigenvalue weighted by molar-refractivity contribution is 6.35. The zero-order valence-corrected chi connectivity index (χ0v) is 13.7. The summed E-state index contributed by atoms with van der Waals surface area (Å²) >= 11 is 12.3. The average molecular weight is 317 g/mol. The van der Waals surface area contributed by atoms with Gasteiger partial charge in [0.05, 0.1) is 5.02 Å². The molecule has 3 nitrogen and oxygen atoms in total. The van der Waals surface area contributed by atoms with Crippen molar-refractivity contribution in [3.8, 4) is 5.75 Å². The molecular formula is C15H22Cl2N2O. The molecule has 1 atom stereocenters. The van der Waals surface area contributed by atoms with Crippen LogP contribution in [-0.4, -0.2) is 36.2 Å². The van der Waals surface area contributed by atoms with E-state index in [0.717, 1.165) is 31.7 Å². The Kier molecular flexibility index (Phi) is 4.85. The predicted molar refractivity (Wildman–Crippen MR) is 84.8 cm³/mol. The number of rotatable bonds is 2. The Morgan fingerprint density at radius 2 is 1.80 bits per heavy atom. The summed E-state index contributed by atoms with van der Waals surface area (Å²) in [5.41, 5.74) is 0.747. The van der Waals surface area contributed by atoms with Crippen LogP contribution in [0.5, 0.6) is 5.75 Å². The minimum atomic E-state index is -0.0354. The lowest BCUT2D eigenvalue weighted by molar-refractivity contribution is 0.0843. The second kappa shape index (κ2) is 6.10. The fourth-order valence-corrected chi connectivity index (χ4v) is 3.53. The molecule has 0 radical (unpaired) electrons. The molecule has 0 bridgehead atoms. The van der Waals surface area contributed by atoms with Gasteiger partial charge in [0, 0.05) is 42.8 Å². The molecule has 0 aliphatic carbocycles. The number of aromatic hydroxyl groups is 1. The van der Waals surface area contributed by atoms with Gasteiger partial charge in [0.2, 0.25) is 0 Å². The summed E-state index contributed by atoms with van der Waals surface area (Å²) < 4.78 is 0. The summed E-state index contributed by atoms with van der Waals surface area (Å²) in [5, 5.41) is 14.7. The van der Waals surface area contributed by atoms with Crippen LogP contribution in [0.4, 0.5) is 0 Å². The van der Waals surface area contributed by atoms with Crippen molar-refractivity contribution in [3.05, 3.63) is 27.7 Å². The maximum atomic E-state index is 10.3. The molecule has 0 aromatic heterocycles. The number of hydrogen-bond donors (Lipinski definition) is 2. The van der Waals surface area contributed by atoms with Gasteiger partial charge >= 0.3 is 0 Å². The Hall–Kier alpha value is -0.480. The van der Waals surface area contributed by atoms with E-state index in [2.05, 4.69) is 31.0 Å². The van der Waals surface area contributed by atoms with Gasteiger partial charge in [-0.15, -0.1) is 0 Å². The Morgan fingerprint density at radius 3 is 2.30 bits per heavy atom. The monoisotopic (exact) mass is 316 g/mol. The molecule has 1 heterocycles. The van der Waals surface area contributed by atoms with E-state index in [9.17, 15) is 5.11 Å². The maximum absolute atomic E-state index is 10.3. The van der Waals surface area contributed by atoms with Crippen molar-refractivity contribution in [2.75, 3.05) is 26.2 Å². The lowest BCUT2D eigenvalue weighted by Crippen LogP contribution is -2.48. The summed E-state index contributed by atoms with van der Waals surface area (Å²) in [4.78, 5) is 2.38. The van der Waals surface area contributed by atoms with Gasteiger partial charge in [-0.05, 0) is 17.5 Å². The topological polar surface area (TPSA) is 35.5 Å². The highest BCUT2D eigenvalue weighted by Gasteiger charge is 2.35. The second-order valence-electron chi connectivity index (χ2n) is 6.37. The minimum absolute atomic E-state index is 0.0354. The largest absolute Gasteiger partial charge is 0.508 e. The van der Waals surface area contributed by atoms with Crippen molar-refractivity contribution in [2.24, 2.45) is 5.41 Å². The van der Waals surface area contributed by atoms with E-state index in [-0.39, 0.29) is 17.2 Å². The Bertz CT molecular complexity index is 456. The first-order valence-electron chi connectivity index (χ1n) is 6.93. The molecule has 2 N–H and O–H groups in total. The maximum Gasteiger partial charge on any atom is 0.123 e. The van der Waals surface area contributed by atoms with Gasteiger partial charge in [-0.1, -0.05) is 44.0 Å². The summed E-state index contributed by atoms with van der Waals surface area (Å²) in [5.74, 6) is 0.181. The van der Waals surface area contributed by atoms with Crippen LogP contribution in [0.2, 0.25) is 10.0 Å². The molecule has 1 fully saturated rings. The summed E-state index contributed by atoms with van der Waals surface area (Å²) in [6.45, 7) is 10.3. The standard InChI is InChI=1S/C15H22Cl2N2O/c1-15(2,3)14(19-6-4-18-5-7-19)13-11(17)8-10(16)9-12(13)20/h8-9,14,18,20H,4-7H2,1-3H3/t14-/m1/s1. The van der Waals surface area contributed by atoms with Gasteiger partial charge < -0.3 is 10.4 Å². The van der Waals surface area contributed by atoms with Gasteiger partial charge in [-0.2, -0.15) is 0 Å². The smallest absolute Gasteiger partial charge is 0.123 e. The van der Waals surface area contributed by atoms with Gasteiger partial charge in [0.25, 0.3) is 0 Å². The van der Waals surface area contributed by atoms with Crippen LogP contribution in [0, 0.1) is 5.41 Å². The van der Waals surface area contributed by atoms with Crippen molar-refractivity contribution >= 4 is 23.2 Å². The number of piperazine rings is 1. The average Bonchev–Trinajstić information content (AvgIpc) is 2.33. The molecule has 1 aliphatic rings. The van der Waals surface area contributed by atoms with E-state index in [4.69, 9.17) is 23.2 Å². The lowest BCUT2D eigenvalue weighted by atomic mass is 9.80. The molecule has 5 heteroatoms.